The van der Waals surface area contributed by atoms with E-state index in [0.717, 1.165) is 12.0 Å². The van der Waals surface area contributed by atoms with Gasteiger partial charge in [-0.05, 0) is 51.0 Å². The van der Waals surface area contributed by atoms with E-state index >= 15 is 0 Å². The van der Waals surface area contributed by atoms with Crippen LogP contribution in [0.15, 0.2) is 0 Å². The zero-order valence-corrected chi connectivity index (χ0v) is 10.7. The van der Waals surface area contributed by atoms with Crippen LogP contribution in [0.2, 0.25) is 0 Å². The van der Waals surface area contributed by atoms with Crippen molar-refractivity contribution >= 4 is 0 Å². The minimum Gasteiger partial charge on any atom is -0.381 e. The lowest BCUT2D eigenvalue weighted by Gasteiger charge is -2.31. The maximum atomic E-state index is 5.47. The van der Waals surface area contributed by atoms with E-state index in [1.165, 1.54) is 64.3 Å². The van der Waals surface area contributed by atoms with Crippen molar-refractivity contribution in [1.82, 2.24) is 5.32 Å². The smallest absolute Gasteiger partial charge is 0.0586 e. The van der Waals surface area contributed by atoms with Gasteiger partial charge in [0.25, 0.3) is 0 Å². The quantitative estimate of drug-likeness (QED) is 0.794. The van der Waals surface area contributed by atoms with Crippen LogP contribution in [0.5, 0.6) is 0 Å². The highest BCUT2D eigenvalue weighted by molar-refractivity contribution is 4.79. The van der Waals surface area contributed by atoms with Crippen molar-refractivity contribution in [2.24, 2.45) is 5.92 Å². The van der Waals surface area contributed by atoms with Crippen molar-refractivity contribution in [1.29, 1.82) is 0 Å². The molecular weight excluding hydrogens is 198 g/mol. The lowest BCUT2D eigenvalue weighted by atomic mass is 9.88. The summed E-state index contributed by atoms with van der Waals surface area (Å²) in [5.41, 5.74) is 0. The molecule has 2 aliphatic rings. The number of nitrogens with one attached hydrogen (secondary N) is 1. The highest BCUT2D eigenvalue weighted by Gasteiger charge is 2.22. The molecule has 2 atom stereocenters. The van der Waals surface area contributed by atoms with Gasteiger partial charge in [-0.15, -0.1) is 0 Å². The Kier molecular flexibility index (Phi) is 5.11. The van der Waals surface area contributed by atoms with Crippen LogP contribution in [0, 0.1) is 5.92 Å². The molecule has 0 bridgehead atoms. The zero-order chi connectivity index (χ0) is 11.2. The number of rotatable bonds is 4. The number of methoxy groups -OCH3 is 1. The van der Waals surface area contributed by atoms with Gasteiger partial charge in [0.2, 0.25) is 0 Å². The second kappa shape index (κ2) is 6.61. The van der Waals surface area contributed by atoms with Crippen molar-refractivity contribution in [3.8, 4) is 0 Å². The van der Waals surface area contributed by atoms with E-state index in [9.17, 15) is 0 Å². The molecule has 0 saturated heterocycles. The summed E-state index contributed by atoms with van der Waals surface area (Å²) >= 11 is 0. The van der Waals surface area contributed by atoms with Crippen molar-refractivity contribution < 1.29 is 4.74 Å². The molecule has 0 aromatic heterocycles. The Bertz CT molecular complexity index is 189. The second-order valence-corrected chi connectivity index (χ2v) is 5.63. The molecule has 0 amide bonds. The highest BCUT2D eigenvalue weighted by Crippen LogP contribution is 2.24. The molecule has 0 heterocycles. The average molecular weight is 225 g/mol. The van der Waals surface area contributed by atoms with Gasteiger partial charge in [0.15, 0.2) is 0 Å². The first-order valence-electron chi connectivity index (χ1n) is 7.14. The van der Waals surface area contributed by atoms with Gasteiger partial charge in [-0.1, -0.05) is 19.3 Å². The molecule has 2 saturated carbocycles. The SMILES string of the molecule is COC1CCCC(NCC2CCCCC2)C1. The lowest BCUT2D eigenvalue weighted by Crippen LogP contribution is -2.39. The first kappa shape index (κ1) is 12.4. The minimum atomic E-state index is 0.512. The summed E-state index contributed by atoms with van der Waals surface area (Å²) in [6.45, 7) is 1.25. The van der Waals surface area contributed by atoms with Gasteiger partial charge in [0.05, 0.1) is 6.10 Å². The molecule has 94 valence electrons. The molecule has 2 fully saturated rings. The summed E-state index contributed by atoms with van der Waals surface area (Å²) in [5.74, 6) is 0.955. The van der Waals surface area contributed by atoms with Crippen molar-refractivity contribution in [3.63, 3.8) is 0 Å². The fourth-order valence-electron chi connectivity index (χ4n) is 3.27. The number of hydrogen-bond acceptors (Lipinski definition) is 2. The predicted molar refractivity (Wildman–Crippen MR) is 67.6 cm³/mol. The van der Waals surface area contributed by atoms with E-state index in [-0.39, 0.29) is 0 Å². The molecule has 0 aromatic rings. The zero-order valence-electron chi connectivity index (χ0n) is 10.7. The van der Waals surface area contributed by atoms with Crippen LogP contribution in [-0.4, -0.2) is 25.8 Å². The van der Waals surface area contributed by atoms with E-state index < -0.39 is 0 Å². The topological polar surface area (TPSA) is 21.3 Å². The third-order valence-corrected chi connectivity index (χ3v) is 4.38. The fraction of sp³-hybridized carbons (Fsp3) is 1.00. The summed E-state index contributed by atoms with van der Waals surface area (Å²) < 4.78 is 5.47. The van der Waals surface area contributed by atoms with Gasteiger partial charge in [-0.2, -0.15) is 0 Å². The molecule has 2 heteroatoms. The molecule has 16 heavy (non-hydrogen) atoms. The van der Waals surface area contributed by atoms with Gasteiger partial charge in [-0.3, -0.25) is 0 Å². The Balaban J connectivity index is 1.64. The van der Waals surface area contributed by atoms with E-state index in [2.05, 4.69) is 5.32 Å². The maximum absolute atomic E-state index is 5.47. The van der Waals surface area contributed by atoms with Gasteiger partial charge in [0, 0.05) is 13.2 Å². The predicted octanol–water partition coefficient (Wildman–Crippen LogP) is 3.11. The van der Waals surface area contributed by atoms with Crippen molar-refractivity contribution in [3.05, 3.63) is 0 Å². The third-order valence-electron chi connectivity index (χ3n) is 4.38. The van der Waals surface area contributed by atoms with Crippen LogP contribution < -0.4 is 5.32 Å². The Hall–Kier alpha value is -0.0800. The summed E-state index contributed by atoms with van der Waals surface area (Å²) in [6, 6.07) is 0.723. The minimum absolute atomic E-state index is 0.512. The first-order valence-corrected chi connectivity index (χ1v) is 7.14. The van der Waals surface area contributed by atoms with Crippen molar-refractivity contribution in [2.45, 2.75) is 69.9 Å². The van der Waals surface area contributed by atoms with Gasteiger partial charge < -0.3 is 10.1 Å². The Labute approximate surface area is 100 Å². The Morgan fingerprint density at radius 1 is 1.00 bits per heavy atom. The van der Waals surface area contributed by atoms with Gasteiger partial charge >= 0.3 is 0 Å². The summed E-state index contributed by atoms with van der Waals surface area (Å²) in [7, 11) is 1.86. The first-order chi connectivity index (χ1) is 7.88. The number of ether oxygens (including phenoxy) is 1. The van der Waals surface area contributed by atoms with Crippen LogP contribution in [0.3, 0.4) is 0 Å². The standard InChI is InChI=1S/C14H27NO/c1-16-14-9-5-8-13(10-14)15-11-12-6-3-2-4-7-12/h12-15H,2-11H2,1H3. The van der Waals surface area contributed by atoms with Crippen LogP contribution >= 0.6 is 0 Å². The molecule has 0 aromatic carbocycles. The summed E-state index contributed by atoms with van der Waals surface area (Å²) in [4.78, 5) is 0. The molecule has 2 unspecified atom stereocenters. The monoisotopic (exact) mass is 225 g/mol. The molecule has 0 aliphatic heterocycles. The molecule has 1 N–H and O–H groups in total. The summed E-state index contributed by atoms with van der Waals surface area (Å²) in [6.07, 6.45) is 13.0. The van der Waals surface area contributed by atoms with Crippen LogP contribution in [0.1, 0.15) is 57.8 Å². The lowest BCUT2D eigenvalue weighted by molar-refractivity contribution is 0.0579. The van der Waals surface area contributed by atoms with Gasteiger partial charge in [0.1, 0.15) is 0 Å². The van der Waals surface area contributed by atoms with E-state index in [1.807, 2.05) is 7.11 Å². The Morgan fingerprint density at radius 3 is 2.56 bits per heavy atom. The average Bonchev–Trinajstić information content (AvgIpc) is 2.38. The van der Waals surface area contributed by atoms with E-state index in [0.29, 0.717) is 6.10 Å². The molecule has 0 radical (unpaired) electrons. The molecule has 2 aliphatic carbocycles. The Morgan fingerprint density at radius 2 is 1.81 bits per heavy atom. The summed E-state index contributed by atoms with van der Waals surface area (Å²) in [5, 5.41) is 3.78. The normalized spacial score (nSPS) is 32.8. The second-order valence-electron chi connectivity index (χ2n) is 5.63. The van der Waals surface area contributed by atoms with Crippen LogP contribution in [-0.2, 0) is 4.74 Å². The molecular formula is C14H27NO. The number of hydrogen-bond donors (Lipinski definition) is 1. The largest absolute Gasteiger partial charge is 0.381 e. The van der Waals surface area contributed by atoms with Crippen LogP contribution in [0.4, 0.5) is 0 Å². The van der Waals surface area contributed by atoms with Gasteiger partial charge in [-0.25, -0.2) is 0 Å². The third kappa shape index (κ3) is 3.74. The van der Waals surface area contributed by atoms with Crippen LogP contribution in [0.25, 0.3) is 0 Å². The van der Waals surface area contributed by atoms with Crippen molar-refractivity contribution in [2.75, 3.05) is 13.7 Å². The highest BCUT2D eigenvalue weighted by atomic mass is 16.5. The maximum Gasteiger partial charge on any atom is 0.0586 e. The van der Waals surface area contributed by atoms with E-state index in [4.69, 9.17) is 4.74 Å². The van der Waals surface area contributed by atoms with E-state index in [1.54, 1.807) is 0 Å². The molecule has 2 rings (SSSR count). The molecule has 2 nitrogen and oxygen atoms in total. The fourth-order valence-corrected chi connectivity index (χ4v) is 3.27. The molecule has 0 spiro atoms.